The van der Waals surface area contributed by atoms with Crippen LogP contribution in [0.25, 0.3) is 33.7 Å². The van der Waals surface area contributed by atoms with E-state index in [2.05, 4.69) is 15.0 Å². The molecule has 8 heteroatoms. The molecule has 36 heavy (non-hydrogen) atoms. The summed E-state index contributed by atoms with van der Waals surface area (Å²) in [5.74, 6) is 0.926. The highest BCUT2D eigenvalue weighted by Crippen LogP contribution is 2.51. The number of furan rings is 1. The summed E-state index contributed by atoms with van der Waals surface area (Å²) in [4.78, 5) is 28.4. The molecule has 3 fully saturated rings. The number of hydrogen-bond donors (Lipinski definition) is 1. The zero-order chi connectivity index (χ0) is 24.7. The number of carbonyl (C=O) groups excluding carboxylic acids is 1. The zero-order valence-electron chi connectivity index (χ0n) is 20.1. The van der Waals surface area contributed by atoms with Crippen LogP contribution in [-0.4, -0.2) is 56.2 Å². The summed E-state index contributed by atoms with van der Waals surface area (Å²) in [5, 5.41) is 10.4. The Balaban J connectivity index is 1.19. The van der Waals surface area contributed by atoms with Crippen molar-refractivity contribution in [2.45, 2.75) is 49.9 Å². The van der Waals surface area contributed by atoms with Crippen LogP contribution < -0.4 is 0 Å². The van der Waals surface area contributed by atoms with Gasteiger partial charge in [-0.25, -0.2) is 9.97 Å². The first kappa shape index (κ1) is 21.6. The maximum atomic E-state index is 13.2. The van der Waals surface area contributed by atoms with Crippen LogP contribution in [0.4, 0.5) is 0 Å². The molecule has 3 aliphatic rings. The van der Waals surface area contributed by atoms with Crippen molar-refractivity contribution in [2.24, 2.45) is 0 Å². The number of morpholine rings is 1. The molecule has 4 aromatic rings. The number of hydrogen-bond acceptors (Lipinski definition) is 7. The standard InChI is InChI=1S/C28H26N4O4/c1-27(2,34)23-11-17(7-10-29-23)24-25-19(30-15-31-24)12-21(36-25)16-3-5-18(6-4-16)28(8-9-28)26(33)32-13-22-20(32)14-35-22/h3-7,10-12,15,20,22,34H,8-9,13-14H2,1-2H3/t20?,22-/m1/s1. The number of benzene rings is 1. The summed E-state index contributed by atoms with van der Waals surface area (Å²) in [6.07, 6.45) is 5.21. The zero-order valence-corrected chi connectivity index (χ0v) is 20.1. The molecule has 2 saturated heterocycles. The van der Waals surface area contributed by atoms with Crippen molar-refractivity contribution in [3.8, 4) is 22.6 Å². The molecule has 2 aliphatic heterocycles. The third kappa shape index (κ3) is 3.21. The van der Waals surface area contributed by atoms with Gasteiger partial charge in [-0.2, -0.15) is 0 Å². The Kier molecular flexibility index (Phi) is 4.48. The van der Waals surface area contributed by atoms with Crippen molar-refractivity contribution in [3.63, 3.8) is 0 Å². The predicted molar refractivity (Wildman–Crippen MR) is 132 cm³/mol. The van der Waals surface area contributed by atoms with E-state index in [0.29, 0.717) is 34.9 Å². The molecule has 0 radical (unpaired) electrons. The van der Waals surface area contributed by atoms with Crippen LogP contribution in [0.1, 0.15) is 37.9 Å². The van der Waals surface area contributed by atoms with Gasteiger partial charge in [0.1, 0.15) is 28.9 Å². The largest absolute Gasteiger partial charge is 0.452 e. The lowest BCUT2D eigenvalue weighted by molar-refractivity contribution is -0.217. The molecule has 182 valence electrons. The van der Waals surface area contributed by atoms with E-state index in [0.717, 1.165) is 36.1 Å². The fraction of sp³-hybridized carbons (Fsp3) is 0.357. The SMILES string of the molecule is CC(C)(O)c1cc(-c2ncnc3cc(-c4ccc(C5(C(=O)N6C[C@H]7OCC76)CC5)cc4)oc23)ccn1. The average molecular weight is 483 g/mol. The fourth-order valence-electron chi connectivity index (χ4n) is 5.30. The molecule has 8 nitrogen and oxygen atoms in total. The lowest BCUT2D eigenvalue weighted by Gasteiger charge is -2.55. The van der Waals surface area contributed by atoms with E-state index in [9.17, 15) is 9.90 Å². The number of aliphatic hydroxyl groups is 1. The molecule has 2 atom stereocenters. The third-order valence-electron chi connectivity index (χ3n) is 7.80. The normalized spacial score (nSPS) is 22.0. The molecule has 7 rings (SSSR count). The molecular formula is C28H26N4O4. The average Bonchev–Trinajstić information content (AvgIpc) is 3.56. The van der Waals surface area contributed by atoms with Gasteiger partial charge in [-0.05, 0) is 44.4 Å². The number of likely N-dealkylation sites (tertiary alicyclic amines) is 1. The summed E-state index contributed by atoms with van der Waals surface area (Å²) < 4.78 is 11.7. The molecule has 1 saturated carbocycles. The van der Waals surface area contributed by atoms with Crippen molar-refractivity contribution < 1.29 is 19.1 Å². The van der Waals surface area contributed by atoms with Crippen molar-refractivity contribution in [1.82, 2.24) is 19.9 Å². The van der Waals surface area contributed by atoms with Gasteiger partial charge in [0, 0.05) is 29.9 Å². The number of pyridine rings is 1. The highest BCUT2D eigenvalue weighted by Gasteiger charge is 2.59. The van der Waals surface area contributed by atoms with Gasteiger partial charge in [-0.1, -0.05) is 24.3 Å². The van der Waals surface area contributed by atoms with Crippen molar-refractivity contribution >= 4 is 17.0 Å². The van der Waals surface area contributed by atoms with E-state index in [1.807, 2.05) is 47.4 Å². The number of carbonyl (C=O) groups is 1. The fourth-order valence-corrected chi connectivity index (χ4v) is 5.30. The van der Waals surface area contributed by atoms with Crippen molar-refractivity contribution in [3.05, 3.63) is 66.2 Å². The monoisotopic (exact) mass is 482 g/mol. The van der Waals surface area contributed by atoms with E-state index in [1.54, 1.807) is 20.0 Å². The Bertz CT molecular complexity index is 1500. The van der Waals surface area contributed by atoms with Gasteiger partial charge in [0.05, 0.1) is 29.9 Å². The molecule has 0 bridgehead atoms. The van der Waals surface area contributed by atoms with Crippen LogP contribution in [0.2, 0.25) is 0 Å². The highest BCUT2D eigenvalue weighted by molar-refractivity contribution is 5.93. The molecule has 0 spiro atoms. The molecule has 1 aromatic carbocycles. The molecule has 1 aliphatic carbocycles. The van der Waals surface area contributed by atoms with Crippen LogP contribution in [0.3, 0.4) is 0 Å². The van der Waals surface area contributed by atoms with Crippen LogP contribution in [0.15, 0.2) is 59.4 Å². The predicted octanol–water partition coefficient (Wildman–Crippen LogP) is 3.82. The Morgan fingerprint density at radius 3 is 2.53 bits per heavy atom. The smallest absolute Gasteiger partial charge is 0.233 e. The van der Waals surface area contributed by atoms with Crippen LogP contribution in [0.5, 0.6) is 0 Å². The molecule has 3 aromatic heterocycles. The summed E-state index contributed by atoms with van der Waals surface area (Å²) >= 11 is 0. The van der Waals surface area contributed by atoms with Gasteiger partial charge in [0.15, 0.2) is 5.58 Å². The van der Waals surface area contributed by atoms with Crippen molar-refractivity contribution in [2.75, 3.05) is 13.2 Å². The summed E-state index contributed by atoms with van der Waals surface area (Å²) in [6, 6.07) is 14.0. The summed E-state index contributed by atoms with van der Waals surface area (Å²) in [7, 11) is 0. The Morgan fingerprint density at radius 1 is 1.08 bits per heavy atom. The quantitative estimate of drug-likeness (QED) is 0.461. The number of nitrogens with zero attached hydrogens (tertiary/aromatic N) is 4. The first-order valence-electron chi connectivity index (χ1n) is 12.3. The number of aromatic nitrogens is 3. The summed E-state index contributed by atoms with van der Waals surface area (Å²) in [6.45, 7) is 4.79. The summed E-state index contributed by atoms with van der Waals surface area (Å²) in [5.41, 5.74) is 3.79. The van der Waals surface area contributed by atoms with E-state index < -0.39 is 5.60 Å². The first-order chi connectivity index (χ1) is 17.3. The van der Waals surface area contributed by atoms with Crippen LogP contribution in [0, 0.1) is 0 Å². The lowest BCUT2D eigenvalue weighted by Crippen LogP contribution is -2.73. The number of amides is 1. The minimum atomic E-state index is -1.07. The van der Waals surface area contributed by atoms with Crippen LogP contribution >= 0.6 is 0 Å². The first-order valence-corrected chi connectivity index (χ1v) is 12.3. The lowest BCUT2D eigenvalue weighted by atomic mass is 9.87. The third-order valence-corrected chi connectivity index (χ3v) is 7.80. The molecule has 5 heterocycles. The van der Waals surface area contributed by atoms with Gasteiger partial charge < -0.3 is 19.2 Å². The second-order valence-electron chi connectivity index (χ2n) is 10.6. The van der Waals surface area contributed by atoms with E-state index >= 15 is 0 Å². The van der Waals surface area contributed by atoms with Crippen LogP contribution in [-0.2, 0) is 20.5 Å². The number of rotatable bonds is 5. The van der Waals surface area contributed by atoms with Gasteiger partial charge in [0.2, 0.25) is 5.91 Å². The number of fused-ring (bicyclic) bond motifs is 2. The highest BCUT2D eigenvalue weighted by atomic mass is 16.5. The molecule has 1 amide bonds. The van der Waals surface area contributed by atoms with Gasteiger partial charge in [0.25, 0.3) is 0 Å². The molecular weight excluding hydrogens is 456 g/mol. The second-order valence-corrected chi connectivity index (χ2v) is 10.6. The Morgan fingerprint density at radius 2 is 1.89 bits per heavy atom. The maximum absolute atomic E-state index is 13.2. The van der Waals surface area contributed by atoms with E-state index in [-0.39, 0.29) is 23.5 Å². The van der Waals surface area contributed by atoms with E-state index in [4.69, 9.17) is 9.15 Å². The minimum absolute atomic E-state index is 0.242. The second kappa shape index (κ2) is 7.44. The van der Waals surface area contributed by atoms with Gasteiger partial charge in [-0.3, -0.25) is 9.78 Å². The maximum Gasteiger partial charge on any atom is 0.233 e. The number of ether oxygens (including phenoxy) is 1. The Hall–Kier alpha value is -3.62. The molecule has 1 unspecified atom stereocenters. The van der Waals surface area contributed by atoms with E-state index in [1.165, 1.54) is 6.33 Å². The van der Waals surface area contributed by atoms with Gasteiger partial charge in [-0.15, -0.1) is 0 Å². The minimum Gasteiger partial charge on any atom is -0.452 e. The Labute approximate surface area is 208 Å². The molecule has 1 N–H and O–H groups in total. The topological polar surface area (TPSA) is 102 Å². The van der Waals surface area contributed by atoms with Gasteiger partial charge >= 0.3 is 0 Å². The van der Waals surface area contributed by atoms with Crippen molar-refractivity contribution in [1.29, 1.82) is 0 Å².